The second-order valence-electron chi connectivity index (χ2n) is 4.82. The van der Waals surface area contributed by atoms with E-state index in [4.69, 9.17) is 4.43 Å². The van der Waals surface area contributed by atoms with Crippen LogP contribution < -0.4 is 0 Å². The fourth-order valence-electron chi connectivity index (χ4n) is 2.13. The highest BCUT2D eigenvalue weighted by Gasteiger charge is 2.29. The molecule has 2 heteroatoms. The molecular weight excluding hydrogens is 224 g/mol. The zero-order valence-electron chi connectivity index (χ0n) is 11.4. The molecule has 1 nitrogen and oxygen atoms in total. The lowest BCUT2D eigenvalue weighted by molar-refractivity contribution is 0.323. The minimum absolute atomic E-state index is 0.586. The molecule has 0 heterocycles. The first-order chi connectivity index (χ1) is 8.10. The van der Waals surface area contributed by atoms with Gasteiger partial charge in [0.2, 0.25) is 0 Å². The van der Waals surface area contributed by atoms with E-state index in [1.165, 1.54) is 5.56 Å². The molecule has 0 radical (unpaired) electrons. The lowest BCUT2D eigenvalue weighted by atomic mass is 10.2. The Labute approximate surface area is 107 Å². The van der Waals surface area contributed by atoms with Gasteiger partial charge in [-0.1, -0.05) is 55.8 Å². The monoisotopic (exact) mass is 248 g/mol. The van der Waals surface area contributed by atoms with Crippen molar-refractivity contribution in [2.75, 3.05) is 6.61 Å². The van der Waals surface area contributed by atoms with Gasteiger partial charge in [-0.25, -0.2) is 0 Å². The minimum atomic E-state index is -1.57. The Hall–Kier alpha value is -0.863. The van der Waals surface area contributed by atoms with Crippen LogP contribution in [0.25, 0.3) is 6.08 Å². The van der Waals surface area contributed by atoms with Crippen molar-refractivity contribution in [1.29, 1.82) is 0 Å². The van der Waals surface area contributed by atoms with Crippen LogP contribution in [0.5, 0.6) is 0 Å². The number of rotatable bonds is 6. The van der Waals surface area contributed by atoms with Gasteiger partial charge in [0, 0.05) is 6.61 Å². The molecule has 0 amide bonds. The highest BCUT2D eigenvalue weighted by molar-refractivity contribution is 6.73. The van der Waals surface area contributed by atoms with Crippen LogP contribution >= 0.6 is 0 Å². The predicted molar refractivity (Wildman–Crippen MR) is 78.6 cm³/mol. The first-order valence-electron chi connectivity index (χ1n) is 6.47. The standard InChI is InChI=1S/C15H24OSi/c1-5-15(17(3,4)16-6-2)13-12-14-10-8-7-9-11-14/h7-13,15H,5-6H2,1-4H3/b13-12+. The average molecular weight is 248 g/mol. The van der Waals surface area contributed by atoms with Crippen molar-refractivity contribution in [3.05, 3.63) is 42.0 Å². The van der Waals surface area contributed by atoms with Crippen LogP contribution in [0.2, 0.25) is 18.6 Å². The van der Waals surface area contributed by atoms with Crippen LogP contribution in [-0.4, -0.2) is 14.9 Å². The van der Waals surface area contributed by atoms with Gasteiger partial charge >= 0.3 is 0 Å². The summed E-state index contributed by atoms with van der Waals surface area (Å²) in [7, 11) is -1.57. The van der Waals surface area contributed by atoms with Gasteiger partial charge in [-0.15, -0.1) is 0 Å². The summed E-state index contributed by atoms with van der Waals surface area (Å²) in [5, 5.41) is 0. The zero-order valence-corrected chi connectivity index (χ0v) is 12.4. The molecule has 0 fully saturated rings. The SMILES string of the molecule is CCO[Si](C)(C)C(/C=C/c1ccccc1)CC. The highest BCUT2D eigenvalue weighted by Crippen LogP contribution is 2.28. The highest BCUT2D eigenvalue weighted by atomic mass is 28.4. The van der Waals surface area contributed by atoms with E-state index in [0.717, 1.165) is 13.0 Å². The van der Waals surface area contributed by atoms with Crippen LogP contribution in [0.4, 0.5) is 0 Å². The van der Waals surface area contributed by atoms with E-state index in [9.17, 15) is 0 Å². The van der Waals surface area contributed by atoms with Gasteiger partial charge in [0.05, 0.1) is 0 Å². The molecule has 1 aromatic rings. The Morgan fingerprint density at radius 2 is 1.82 bits per heavy atom. The molecule has 1 rings (SSSR count). The van der Waals surface area contributed by atoms with E-state index < -0.39 is 8.32 Å². The topological polar surface area (TPSA) is 9.23 Å². The van der Waals surface area contributed by atoms with Crippen molar-refractivity contribution in [3.8, 4) is 0 Å². The van der Waals surface area contributed by atoms with Gasteiger partial charge in [-0.05, 0) is 31.1 Å². The molecule has 0 aliphatic carbocycles. The van der Waals surface area contributed by atoms with Crippen molar-refractivity contribution >= 4 is 14.4 Å². The molecule has 0 aliphatic rings. The number of hydrogen-bond acceptors (Lipinski definition) is 1. The molecule has 0 N–H and O–H groups in total. The quantitative estimate of drug-likeness (QED) is 0.662. The Balaban J connectivity index is 2.73. The molecule has 0 saturated carbocycles. The molecule has 0 aromatic heterocycles. The van der Waals surface area contributed by atoms with Crippen LogP contribution in [0, 0.1) is 0 Å². The minimum Gasteiger partial charge on any atom is -0.417 e. The van der Waals surface area contributed by atoms with Crippen molar-refractivity contribution in [2.24, 2.45) is 0 Å². The zero-order chi connectivity index (χ0) is 12.7. The number of allylic oxidation sites excluding steroid dienone is 1. The third-order valence-electron chi connectivity index (χ3n) is 3.17. The van der Waals surface area contributed by atoms with Gasteiger partial charge in [0.15, 0.2) is 8.32 Å². The summed E-state index contributed by atoms with van der Waals surface area (Å²) in [5.41, 5.74) is 1.86. The molecule has 0 aliphatic heterocycles. The molecule has 17 heavy (non-hydrogen) atoms. The van der Waals surface area contributed by atoms with E-state index in [1.807, 2.05) is 6.07 Å². The molecular formula is C15H24OSi. The molecule has 94 valence electrons. The Kier molecular flexibility index (Phi) is 5.66. The summed E-state index contributed by atoms with van der Waals surface area (Å²) in [4.78, 5) is 0. The van der Waals surface area contributed by atoms with Crippen molar-refractivity contribution in [1.82, 2.24) is 0 Å². The van der Waals surface area contributed by atoms with Crippen LogP contribution in [0.1, 0.15) is 25.8 Å². The predicted octanol–water partition coefficient (Wildman–Crippen LogP) is 4.72. The summed E-state index contributed by atoms with van der Waals surface area (Å²) in [6.07, 6.45) is 5.71. The lowest BCUT2D eigenvalue weighted by Gasteiger charge is -2.29. The normalized spacial score (nSPS) is 14.1. The van der Waals surface area contributed by atoms with Crippen LogP contribution in [0.15, 0.2) is 36.4 Å². The largest absolute Gasteiger partial charge is 0.417 e. The molecule has 0 bridgehead atoms. The summed E-state index contributed by atoms with van der Waals surface area (Å²) in [6, 6.07) is 10.5. The van der Waals surface area contributed by atoms with Crippen molar-refractivity contribution in [3.63, 3.8) is 0 Å². The molecule has 0 spiro atoms. The summed E-state index contributed by atoms with van der Waals surface area (Å²) in [6.45, 7) is 9.77. The van der Waals surface area contributed by atoms with Crippen molar-refractivity contribution in [2.45, 2.75) is 38.9 Å². The third-order valence-corrected chi connectivity index (χ3v) is 6.59. The maximum absolute atomic E-state index is 5.96. The van der Waals surface area contributed by atoms with E-state index >= 15 is 0 Å². The smallest absolute Gasteiger partial charge is 0.193 e. The second kappa shape index (κ2) is 6.77. The van der Waals surface area contributed by atoms with Gasteiger partial charge in [-0.2, -0.15) is 0 Å². The number of benzene rings is 1. The maximum atomic E-state index is 5.96. The molecule has 1 unspecified atom stereocenters. The second-order valence-corrected chi connectivity index (χ2v) is 9.06. The van der Waals surface area contributed by atoms with Crippen LogP contribution in [0.3, 0.4) is 0 Å². The van der Waals surface area contributed by atoms with Gasteiger partial charge in [0.1, 0.15) is 0 Å². The third kappa shape index (κ3) is 4.48. The Bertz CT molecular complexity index is 343. The van der Waals surface area contributed by atoms with Crippen LogP contribution in [-0.2, 0) is 4.43 Å². The van der Waals surface area contributed by atoms with Gasteiger partial charge in [0.25, 0.3) is 0 Å². The maximum Gasteiger partial charge on any atom is 0.193 e. The Morgan fingerprint density at radius 1 is 1.18 bits per heavy atom. The number of hydrogen-bond donors (Lipinski definition) is 0. The first kappa shape index (κ1) is 14.2. The molecule has 1 atom stereocenters. The lowest BCUT2D eigenvalue weighted by Crippen LogP contribution is -2.35. The van der Waals surface area contributed by atoms with E-state index in [2.05, 4.69) is 63.4 Å². The summed E-state index contributed by atoms with van der Waals surface area (Å²) in [5.74, 6) is 0. The molecule has 0 saturated heterocycles. The van der Waals surface area contributed by atoms with Crippen molar-refractivity contribution < 1.29 is 4.43 Å². The van der Waals surface area contributed by atoms with Gasteiger partial charge < -0.3 is 4.43 Å². The van der Waals surface area contributed by atoms with E-state index in [-0.39, 0.29) is 0 Å². The fraction of sp³-hybridized carbons (Fsp3) is 0.467. The fourth-order valence-corrected chi connectivity index (χ4v) is 4.63. The summed E-state index contributed by atoms with van der Waals surface area (Å²) >= 11 is 0. The average Bonchev–Trinajstić information content (AvgIpc) is 2.30. The molecule has 1 aromatic carbocycles. The first-order valence-corrected chi connectivity index (χ1v) is 9.46. The summed E-state index contributed by atoms with van der Waals surface area (Å²) < 4.78 is 5.96. The van der Waals surface area contributed by atoms with Gasteiger partial charge in [-0.3, -0.25) is 0 Å². The Morgan fingerprint density at radius 3 is 2.35 bits per heavy atom. The van der Waals surface area contributed by atoms with E-state index in [1.54, 1.807) is 0 Å². The van der Waals surface area contributed by atoms with E-state index in [0.29, 0.717) is 5.54 Å².